The molecule has 106 valence electrons. The molecule has 0 amide bonds. The Bertz CT molecular complexity index is 740. The molecule has 0 saturated heterocycles. The second kappa shape index (κ2) is 5.88. The molecule has 2 aromatic rings. The maximum absolute atomic E-state index is 13.5. The number of nitrogens with two attached hydrogens (primary N) is 1. The molecule has 6 nitrogen and oxygen atoms in total. The summed E-state index contributed by atoms with van der Waals surface area (Å²) in [4.78, 5) is 15.5. The zero-order valence-corrected chi connectivity index (χ0v) is 11.1. The van der Waals surface area contributed by atoms with E-state index in [1.807, 2.05) is 0 Å². The number of carbonyl (C=O) groups is 1. The Morgan fingerprint density at radius 3 is 2.90 bits per heavy atom. The van der Waals surface area contributed by atoms with Crippen LogP contribution >= 0.6 is 0 Å². The van der Waals surface area contributed by atoms with Gasteiger partial charge < -0.3 is 15.8 Å². The van der Waals surface area contributed by atoms with E-state index in [9.17, 15) is 9.18 Å². The van der Waals surface area contributed by atoms with Crippen molar-refractivity contribution in [3.8, 4) is 6.07 Å². The summed E-state index contributed by atoms with van der Waals surface area (Å²) >= 11 is 0. The Labute approximate surface area is 120 Å². The van der Waals surface area contributed by atoms with Gasteiger partial charge in [-0.1, -0.05) is 6.07 Å². The monoisotopic (exact) mass is 286 g/mol. The number of nitriles is 1. The number of hydrogen-bond donors (Lipinski definition) is 2. The lowest BCUT2D eigenvalue weighted by Crippen LogP contribution is -2.09. The number of aromatic nitrogens is 1. The first kappa shape index (κ1) is 14.3. The van der Waals surface area contributed by atoms with Crippen LogP contribution in [0.4, 0.5) is 21.6 Å². The van der Waals surface area contributed by atoms with Crippen molar-refractivity contribution in [2.45, 2.75) is 0 Å². The normalized spacial score (nSPS) is 9.76. The lowest BCUT2D eigenvalue weighted by molar-refractivity contribution is 0.0602. The molecule has 7 heteroatoms. The average Bonchev–Trinajstić information content (AvgIpc) is 2.49. The summed E-state index contributed by atoms with van der Waals surface area (Å²) < 4.78 is 18.1. The number of methoxy groups -OCH3 is 1. The summed E-state index contributed by atoms with van der Waals surface area (Å²) in [6.07, 6.45) is 1.36. The maximum atomic E-state index is 13.5. The van der Waals surface area contributed by atoms with Crippen LogP contribution < -0.4 is 11.1 Å². The number of rotatable bonds is 3. The predicted octanol–water partition coefficient (Wildman–Crippen LogP) is 2.20. The van der Waals surface area contributed by atoms with E-state index in [1.165, 1.54) is 37.6 Å². The first-order valence-corrected chi connectivity index (χ1v) is 5.87. The van der Waals surface area contributed by atoms with Gasteiger partial charge in [-0.25, -0.2) is 14.2 Å². The molecule has 1 aromatic carbocycles. The van der Waals surface area contributed by atoms with E-state index in [1.54, 1.807) is 6.07 Å². The molecular formula is C14H11FN4O2. The van der Waals surface area contributed by atoms with Gasteiger partial charge in [-0.15, -0.1) is 0 Å². The van der Waals surface area contributed by atoms with Crippen LogP contribution in [-0.4, -0.2) is 18.1 Å². The Hall–Kier alpha value is -3.14. The van der Waals surface area contributed by atoms with Gasteiger partial charge in [-0.2, -0.15) is 5.26 Å². The zero-order chi connectivity index (χ0) is 15.4. The van der Waals surface area contributed by atoms with E-state index in [0.717, 1.165) is 0 Å². The molecule has 0 aliphatic rings. The molecule has 3 N–H and O–H groups in total. The minimum absolute atomic E-state index is 0.0532. The average molecular weight is 286 g/mol. The summed E-state index contributed by atoms with van der Waals surface area (Å²) in [5, 5.41) is 11.7. The second-order valence-corrected chi connectivity index (χ2v) is 4.01. The number of nitrogen functional groups attached to an aromatic ring is 1. The number of ether oxygens (including phenoxy) is 1. The molecule has 0 bridgehead atoms. The SMILES string of the molecule is COC(=O)c1ccnc(Nc2cccc(F)c2C#N)c1N. The molecule has 0 saturated carbocycles. The van der Waals surface area contributed by atoms with Crippen molar-refractivity contribution in [3.63, 3.8) is 0 Å². The van der Waals surface area contributed by atoms with E-state index in [4.69, 9.17) is 11.0 Å². The highest BCUT2D eigenvalue weighted by Gasteiger charge is 2.15. The van der Waals surface area contributed by atoms with Crippen molar-refractivity contribution in [3.05, 3.63) is 47.4 Å². The highest BCUT2D eigenvalue weighted by Crippen LogP contribution is 2.27. The molecule has 2 rings (SSSR count). The van der Waals surface area contributed by atoms with Gasteiger partial charge >= 0.3 is 5.97 Å². The lowest BCUT2D eigenvalue weighted by atomic mass is 10.1. The Kier molecular flexibility index (Phi) is 4.00. The number of halogens is 1. The molecule has 0 fully saturated rings. The van der Waals surface area contributed by atoms with Gasteiger partial charge in [0.05, 0.1) is 24.0 Å². The topological polar surface area (TPSA) is 101 Å². The zero-order valence-electron chi connectivity index (χ0n) is 11.1. The minimum atomic E-state index is -0.662. The van der Waals surface area contributed by atoms with E-state index in [-0.39, 0.29) is 28.3 Å². The Morgan fingerprint density at radius 2 is 2.24 bits per heavy atom. The molecule has 1 aromatic heterocycles. The van der Waals surface area contributed by atoms with Crippen LogP contribution in [0, 0.1) is 17.1 Å². The molecule has 0 atom stereocenters. The number of hydrogen-bond acceptors (Lipinski definition) is 6. The van der Waals surface area contributed by atoms with Crippen LogP contribution in [0.15, 0.2) is 30.5 Å². The Balaban J connectivity index is 2.44. The first-order chi connectivity index (χ1) is 10.1. The van der Waals surface area contributed by atoms with Gasteiger partial charge in [-0.05, 0) is 18.2 Å². The number of benzene rings is 1. The van der Waals surface area contributed by atoms with E-state index < -0.39 is 11.8 Å². The van der Waals surface area contributed by atoms with Crippen LogP contribution in [-0.2, 0) is 4.74 Å². The quantitative estimate of drug-likeness (QED) is 0.839. The van der Waals surface area contributed by atoms with Gasteiger partial charge in [0.25, 0.3) is 0 Å². The summed E-state index contributed by atoms with van der Waals surface area (Å²) in [6, 6.07) is 7.28. The van der Waals surface area contributed by atoms with Crippen LogP contribution in [0.2, 0.25) is 0 Å². The highest BCUT2D eigenvalue weighted by molar-refractivity contribution is 5.98. The minimum Gasteiger partial charge on any atom is -0.465 e. The van der Waals surface area contributed by atoms with Crippen molar-refractivity contribution in [2.24, 2.45) is 0 Å². The fraction of sp³-hybridized carbons (Fsp3) is 0.0714. The van der Waals surface area contributed by atoms with Crippen molar-refractivity contribution < 1.29 is 13.9 Å². The fourth-order valence-electron chi connectivity index (χ4n) is 1.73. The predicted molar refractivity (Wildman–Crippen MR) is 74.4 cm³/mol. The third kappa shape index (κ3) is 2.74. The van der Waals surface area contributed by atoms with Crippen LogP contribution in [0.1, 0.15) is 15.9 Å². The van der Waals surface area contributed by atoms with E-state index in [2.05, 4.69) is 15.0 Å². The highest BCUT2D eigenvalue weighted by atomic mass is 19.1. The molecule has 0 aliphatic carbocycles. The molecule has 0 spiro atoms. The molecular weight excluding hydrogens is 275 g/mol. The number of esters is 1. The third-order valence-corrected chi connectivity index (χ3v) is 2.77. The second-order valence-electron chi connectivity index (χ2n) is 4.01. The van der Waals surface area contributed by atoms with Crippen molar-refractivity contribution in [1.82, 2.24) is 4.98 Å². The van der Waals surface area contributed by atoms with Gasteiger partial charge in [0.1, 0.15) is 17.4 Å². The van der Waals surface area contributed by atoms with Crippen LogP contribution in [0.25, 0.3) is 0 Å². The molecule has 1 heterocycles. The van der Waals surface area contributed by atoms with Crippen molar-refractivity contribution in [1.29, 1.82) is 5.26 Å². The van der Waals surface area contributed by atoms with Gasteiger partial charge in [0, 0.05) is 6.20 Å². The molecule has 0 radical (unpaired) electrons. The smallest absolute Gasteiger partial charge is 0.340 e. The van der Waals surface area contributed by atoms with Gasteiger partial charge in [0.2, 0.25) is 0 Å². The number of nitrogens with zero attached hydrogens (tertiary/aromatic N) is 2. The number of carbonyl (C=O) groups excluding carboxylic acids is 1. The van der Waals surface area contributed by atoms with E-state index >= 15 is 0 Å². The largest absolute Gasteiger partial charge is 0.465 e. The lowest BCUT2D eigenvalue weighted by Gasteiger charge is -2.12. The number of anilines is 3. The number of nitrogens with one attached hydrogen (secondary N) is 1. The Morgan fingerprint density at radius 1 is 1.48 bits per heavy atom. The van der Waals surface area contributed by atoms with Gasteiger partial charge in [0.15, 0.2) is 5.82 Å². The summed E-state index contributed by atoms with van der Waals surface area (Å²) in [5.74, 6) is -1.14. The van der Waals surface area contributed by atoms with Crippen LogP contribution in [0.5, 0.6) is 0 Å². The first-order valence-electron chi connectivity index (χ1n) is 5.87. The summed E-state index contributed by atoms with van der Waals surface area (Å²) in [7, 11) is 1.23. The van der Waals surface area contributed by atoms with Crippen molar-refractivity contribution in [2.75, 3.05) is 18.2 Å². The molecule has 0 aliphatic heterocycles. The van der Waals surface area contributed by atoms with Crippen LogP contribution in [0.3, 0.4) is 0 Å². The molecule has 0 unspecified atom stereocenters. The van der Waals surface area contributed by atoms with E-state index in [0.29, 0.717) is 0 Å². The van der Waals surface area contributed by atoms with Gasteiger partial charge in [-0.3, -0.25) is 0 Å². The molecule has 21 heavy (non-hydrogen) atoms. The fourth-order valence-corrected chi connectivity index (χ4v) is 1.73. The number of pyridine rings is 1. The maximum Gasteiger partial charge on any atom is 0.340 e. The summed E-state index contributed by atoms with van der Waals surface area (Å²) in [6.45, 7) is 0. The summed E-state index contributed by atoms with van der Waals surface area (Å²) in [5.41, 5.74) is 6.06. The van der Waals surface area contributed by atoms with Crippen molar-refractivity contribution >= 4 is 23.2 Å². The third-order valence-electron chi connectivity index (χ3n) is 2.77. The standard InChI is InChI=1S/C14H11FN4O2/c1-21-14(20)8-5-6-18-13(12(8)17)19-11-4-2-3-10(15)9(11)7-16/h2-6H,17H2,1H3,(H,18,19).